The van der Waals surface area contributed by atoms with Crippen molar-refractivity contribution >= 4 is 28.3 Å². The molecule has 5 nitrogen and oxygen atoms in total. The van der Waals surface area contributed by atoms with Crippen LogP contribution in [-0.4, -0.2) is 7.11 Å². The number of ether oxygens (including phenoxy) is 1. The van der Waals surface area contributed by atoms with Crippen LogP contribution in [0.5, 0.6) is 5.75 Å². The van der Waals surface area contributed by atoms with Crippen LogP contribution in [0, 0.1) is 11.3 Å². The first-order chi connectivity index (χ1) is 15.1. The predicted molar refractivity (Wildman–Crippen MR) is 121 cm³/mol. The number of methoxy groups -OCH3 is 1. The summed E-state index contributed by atoms with van der Waals surface area (Å²) in [6.45, 7) is 0. The van der Waals surface area contributed by atoms with E-state index in [1.54, 1.807) is 37.5 Å². The lowest BCUT2D eigenvalue weighted by Gasteiger charge is -2.21. The van der Waals surface area contributed by atoms with E-state index in [1.807, 2.05) is 42.5 Å². The monoisotopic (exact) mass is 406 g/mol. The molecule has 1 atom stereocenters. The molecule has 1 heterocycles. The van der Waals surface area contributed by atoms with Crippen LogP contribution < -0.4 is 15.9 Å². The van der Waals surface area contributed by atoms with Crippen molar-refractivity contribution in [2.75, 3.05) is 12.8 Å². The Kier molecular flexibility index (Phi) is 4.34. The Balaban J connectivity index is 1.91. The summed E-state index contributed by atoms with van der Waals surface area (Å²) in [5.41, 5.74) is 10.3. The second kappa shape index (κ2) is 7.19. The normalized spacial score (nSPS) is 14.7. The molecule has 0 radical (unpaired) electrons. The molecule has 0 aliphatic heterocycles. The highest BCUT2D eigenvalue weighted by Crippen LogP contribution is 2.42. The van der Waals surface area contributed by atoms with Gasteiger partial charge in [0.2, 0.25) is 0 Å². The van der Waals surface area contributed by atoms with Gasteiger partial charge in [0.15, 0.2) is 5.43 Å². The molecule has 3 aromatic carbocycles. The van der Waals surface area contributed by atoms with Crippen molar-refractivity contribution in [2.45, 2.75) is 5.92 Å². The predicted octanol–water partition coefficient (Wildman–Crippen LogP) is 4.94. The number of nitriles is 1. The van der Waals surface area contributed by atoms with E-state index in [0.717, 1.165) is 22.4 Å². The molecule has 5 rings (SSSR count). The zero-order valence-corrected chi connectivity index (χ0v) is 16.8. The average molecular weight is 406 g/mol. The van der Waals surface area contributed by atoms with Crippen molar-refractivity contribution in [3.05, 3.63) is 105 Å². The molecule has 150 valence electrons. The van der Waals surface area contributed by atoms with Gasteiger partial charge in [0.05, 0.1) is 35.6 Å². The van der Waals surface area contributed by atoms with Gasteiger partial charge in [-0.2, -0.15) is 5.26 Å². The van der Waals surface area contributed by atoms with Gasteiger partial charge in [0.25, 0.3) is 0 Å². The van der Waals surface area contributed by atoms with Gasteiger partial charge >= 0.3 is 0 Å². The fraction of sp³-hybridized carbons (Fsp3) is 0.0769. The fourth-order valence-electron chi connectivity index (χ4n) is 4.17. The van der Waals surface area contributed by atoms with E-state index in [1.165, 1.54) is 0 Å². The van der Waals surface area contributed by atoms with Crippen molar-refractivity contribution in [2.24, 2.45) is 0 Å². The Morgan fingerprint density at radius 2 is 1.84 bits per heavy atom. The molecule has 1 aromatic heterocycles. The number of para-hydroxylation sites is 1. The Bertz CT molecular complexity index is 1460. The molecule has 0 bridgehead atoms. The van der Waals surface area contributed by atoms with Crippen LogP contribution >= 0.6 is 0 Å². The molecule has 0 fully saturated rings. The van der Waals surface area contributed by atoms with Crippen LogP contribution in [0.1, 0.15) is 33.9 Å². The third-order valence-corrected chi connectivity index (χ3v) is 5.66. The lowest BCUT2D eigenvalue weighted by molar-refractivity contribution is 0.414. The van der Waals surface area contributed by atoms with E-state index < -0.39 is 5.92 Å². The molecule has 1 aliphatic rings. The largest absolute Gasteiger partial charge is 0.497 e. The first kappa shape index (κ1) is 18.7. The smallest absolute Gasteiger partial charge is 0.200 e. The molecule has 0 saturated heterocycles. The number of rotatable bonds is 2. The Morgan fingerprint density at radius 1 is 1.06 bits per heavy atom. The number of benzene rings is 3. The molecule has 2 N–H and O–H groups in total. The molecular formula is C26H18N2O3. The lowest BCUT2D eigenvalue weighted by Crippen LogP contribution is -2.13. The van der Waals surface area contributed by atoms with Crippen LogP contribution in [-0.2, 0) is 0 Å². The molecule has 1 unspecified atom stereocenters. The zero-order valence-electron chi connectivity index (χ0n) is 16.8. The number of anilines is 1. The zero-order chi connectivity index (χ0) is 21.5. The summed E-state index contributed by atoms with van der Waals surface area (Å²) in [6, 6.07) is 22.4. The maximum Gasteiger partial charge on any atom is 0.200 e. The van der Waals surface area contributed by atoms with Gasteiger partial charge in [0.1, 0.15) is 17.1 Å². The minimum absolute atomic E-state index is 0.163. The van der Waals surface area contributed by atoms with Crippen LogP contribution in [0.15, 0.2) is 75.9 Å². The highest BCUT2D eigenvalue weighted by molar-refractivity contribution is 5.95. The number of nitrogens with two attached hydrogens (primary N) is 1. The highest BCUT2D eigenvalue weighted by Gasteiger charge is 2.31. The SMILES string of the molecule is COc1ccc(C2c3cc(N)ccc3C(C#N)=Cc3c2oc2ccccc2c3=O)cc1. The fourth-order valence-corrected chi connectivity index (χ4v) is 4.17. The van der Waals surface area contributed by atoms with Gasteiger partial charge in [-0.25, -0.2) is 0 Å². The Morgan fingerprint density at radius 3 is 2.58 bits per heavy atom. The van der Waals surface area contributed by atoms with E-state index in [2.05, 4.69) is 6.07 Å². The van der Waals surface area contributed by atoms with E-state index in [-0.39, 0.29) is 5.43 Å². The quantitative estimate of drug-likeness (QED) is 0.476. The summed E-state index contributed by atoms with van der Waals surface area (Å²) >= 11 is 0. The second-order valence-electron chi connectivity index (χ2n) is 7.43. The molecule has 31 heavy (non-hydrogen) atoms. The Hall–Kier alpha value is -4.30. The van der Waals surface area contributed by atoms with Crippen molar-refractivity contribution in [3.63, 3.8) is 0 Å². The van der Waals surface area contributed by atoms with Gasteiger partial charge in [-0.05, 0) is 59.2 Å². The molecule has 5 heteroatoms. The van der Waals surface area contributed by atoms with Crippen molar-refractivity contribution in [3.8, 4) is 11.8 Å². The maximum absolute atomic E-state index is 13.4. The molecule has 1 aliphatic carbocycles. The molecule has 0 spiro atoms. The van der Waals surface area contributed by atoms with Gasteiger partial charge in [-0.15, -0.1) is 0 Å². The van der Waals surface area contributed by atoms with E-state index in [9.17, 15) is 10.1 Å². The standard InChI is InChI=1S/C26H18N2O3/c1-30-18-9-6-15(7-10-18)24-21-13-17(28)8-11-19(21)16(14-27)12-22-25(29)20-4-2-3-5-23(20)31-26(22)24/h2-13,24H,28H2,1H3. The lowest BCUT2D eigenvalue weighted by atomic mass is 9.84. The first-order valence-corrected chi connectivity index (χ1v) is 9.82. The minimum Gasteiger partial charge on any atom is -0.497 e. The summed E-state index contributed by atoms with van der Waals surface area (Å²) in [7, 11) is 1.61. The highest BCUT2D eigenvalue weighted by atomic mass is 16.5. The second-order valence-corrected chi connectivity index (χ2v) is 7.43. The van der Waals surface area contributed by atoms with Gasteiger partial charge in [-0.1, -0.05) is 30.3 Å². The number of allylic oxidation sites excluding steroid dienone is 1. The third-order valence-electron chi connectivity index (χ3n) is 5.66. The maximum atomic E-state index is 13.4. The van der Waals surface area contributed by atoms with E-state index in [4.69, 9.17) is 14.9 Å². The summed E-state index contributed by atoms with van der Waals surface area (Å²) in [5, 5.41) is 10.4. The summed E-state index contributed by atoms with van der Waals surface area (Å²) in [5.74, 6) is 0.797. The van der Waals surface area contributed by atoms with Crippen LogP contribution in [0.25, 0.3) is 22.6 Å². The van der Waals surface area contributed by atoms with Gasteiger partial charge in [-0.3, -0.25) is 4.79 Å². The number of fused-ring (bicyclic) bond motifs is 3. The van der Waals surface area contributed by atoms with Crippen molar-refractivity contribution in [1.82, 2.24) is 0 Å². The molecular weight excluding hydrogens is 388 g/mol. The molecule has 0 saturated carbocycles. The van der Waals surface area contributed by atoms with Gasteiger partial charge in [0, 0.05) is 5.69 Å². The number of nitrogens with zero attached hydrogens (tertiary/aromatic N) is 1. The van der Waals surface area contributed by atoms with E-state index in [0.29, 0.717) is 33.6 Å². The van der Waals surface area contributed by atoms with Crippen molar-refractivity contribution < 1.29 is 9.15 Å². The number of hydrogen-bond acceptors (Lipinski definition) is 5. The van der Waals surface area contributed by atoms with Crippen LogP contribution in [0.3, 0.4) is 0 Å². The van der Waals surface area contributed by atoms with Gasteiger partial charge < -0.3 is 14.9 Å². The summed E-state index contributed by atoms with van der Waals surface area (Å²) < 4.78 is 11.6. The molecule has 0 amide bonds. The summed E-state index contributed by atoms with van der Waals surface area (Å²) in [4.78, 5) is 13.4. The van der Waals surface area contributed by atoms with E-state index >= 15 is 0 Å². The minimum atomic E-state index is -0.418. The topological polar surface area (TPSA) is 89.2 Å². The van der Waals surface area contributed by atoms with Crippen molar-refractivity contribution in [1.29, 1.82) is 5.26 Å². The number of nitrogen functional groups attached to an aromatic ring is 1. The van der Waals surface area contributed by atoms with Crippen LogP contribution in [0.4, 0.5) is 5.69 Å². The summed E-state index contributed by atoms with van der Waals surface area (Å²) in [6.07, 6.45) is 1.63. The first-order valence-electron chi connectivity index (χ1n) is 9.82. The number of hydrogen-bond donors (Lipinski definition) is 1. The third kappa shape index (κ3) is 2.97. The Labute approximate surface area is 178 Å². The molecule has 4 aromatic rings. The average Bonchev–Trinajstić information content (AvgIpc) is 2.93. The van der Waals surface area contributed by atoms with Crippen LogP contribution in [0.2, 0.25) is 0 Å².